The molecule has 2 amide bonds. The first-order valence-corrected chi connectivity index (χ1v) is 12.3. The minimum atomic E-state index is -0.759. The molecular formula is C29H24N2O8S. The third kappa shape index (κ3) is 6.33. The molecule has 1 aliphatic heterocycles. The number of methoxy groups -OCH3 is 2. The van der Waals surface area contributed by atoms with Crippen molar-refractivity contribution in [3.8, 4) is 23.0 Å². The maximum Gasteiger partial charge on any atom is 0.343 e. The van der Waals surface area contributed by atoms with E-state index in [1.807, 2.05) is 0 Å². The zero-order chi connectivity index (χ0) is 28.8. The Balaban J connectivity index is 1.64. The van der Waals surface area contributed by atoms with E-state index in [2.05, 4.69) is 0 Å². The van der Waals surface area contributed by atoms with E-state index >= 15 is 0 Å². The number of hydrazine groups is 1. The number of ether oxygens (including phenoxy) is 4. The number of allylic oxidation sites excluding steroid dienone is 1. The molecule has 0 aromatic heterocycles. The van der Waals surface area contributed by atoms with Gasteiger partial charge in [0.25, 0.3) is 11.8 Å². The summed E-state index contributed by atoms with van der Waals surface area (Å²) < 4.78 is 21.3. The van der Waals surface area contributed by atoms with Gasteiger partial charge in [0.2, 0.25) is 0 Å². The molecule has 0 radical (unpaired) electrons. The lowest BCUT2D eigenvalue weighted by molar-refractivity contribution is -0.136. The summed E-state index contributed by atoms with van der Waals surface area (Å²) in [6.07, 6.45) is 2.96. The highest BCUT2D eigenvalue weighted by molar-refractivity contribution is 7.80. The molecule has 0 unspecified atom stereocenters. The Morgan fingerprint density at radius 2 is 1.27 bits per heavy atom. The fourth-order valence-corrected chi connectivity index (χ4v) is 3.84. The van der Waals surface area contributed by atoms with Crippen molar-refractivity contribution in [3.05, 3.63) is 95.7 Å². The fraction of sp³-hybridized carbons (Fsp3) is 0.138. The second kappa shape index (κ2) is 12.2. The van der Waals surface area contributed by atoms with Crippen LogP contribution < -0.4 is 18.9 Å². The molecule has 3 aromatic carbocycles. The van der Waals surface area contributed by atoms with E-state index in [4.69, 9.17) is 31.2 Å². The first-order valence-electron chi connectivity index (χ1n) is 11.9. The van der Waals surface area contributed by atoms with Crippen LogP contribution in [0.25, 0.3) is 0 Å². The summed E-state index contributed by atoms with van der Waals surface area (Å²) in [6, 6.07) is 16.4. The Bertz CT molecular complexity index is 1500. The molecule has 0 bridgehead atoms. The van der Waals surface area contributed by atoms with Crippen molar-refractivity contribution in [2.24, 2.45) is 0 Å². The van der Waals surface area contributed by atoms with Crippen molar-refractivity contribution in [2.45, 2.75) is 6.42 Å². The van der Waals surface area contributed by atoms with Gasteiger partial charge in [-0.25, -0.2) is 19.6 Å². The second-order valence-electron chi connectivity index (χ2n) is 8.42. The van der Waals surface area contributed by atoms with Gasteiger partial charge >= 0.3 is 11.9 Å². The average molecular weight is 561 g/mol. The van der Waals surface area contributed by atoms with Gasteiger partial charge < -0.3 is 18.9 Å². The Kier molecular flexibility index (Phi) is 8.55. The van der Waals surface area contributed by atoms with Gasteiger partial charge in [-0.05, 0) is 72.8 Å². The topological polar surface area (TPSA) is 112 Å². The molecule has 11 heteroatoms. The predicted octanol–water partition coefficient (Wildman–Crippen LogP) is 4.25. The molecule has 0 saturated heterocycles. The third-order valence-electron chi connectivity index (χ3n) is 5.85. The van der Waals surface area contributed by atoms with E-state index in [1.165, 1.54) is 69.9 Å². The lowest BCUT2D eigenvalue weighted by Crippen LogP contribution is -2.46. The van der Waals surface area contributed by atoms with Gasteiger partial charge in [0.15, 0.2) is 11.5 Å². The maximum atomic E-state index is 13.3. The highest BCUT2D eigenvalue weighted by atomic mass is 32.1. The molecule has 204 valence electrons. The molecule has 0 fully saturated rings. The van der Waals surface area contributed by atoms with Crippen molar-refractivity contribution in [3.63, 3.8) is 0 Å². The quantitative estimate of drug-likeness (QED) is 0.227. The Labute approximate surface area is 235 Å². The Hall–Kier alpha value is -5.03. The van der Waals surface area contributed by atoms with Gasteiger partial charge in [-0.3, -0.25) is 9.59 Å². The van der Waals surface area contributed by atoms with Gasteiger partial charge in [-0.2, -0.15) is 0 Å². The molecule has 40 heavy (non-hydrogen) atoms. The van der Waals surface area contributed by atoms with Crippen molar-refractivity contribution in [1.82, 2.24) is 10.0 Å². The van der Waals surface area contributed by atoms with Crippen LogP contribution in [0.5, 0.6) is 23.0 Å². The fourth-order valence-electron chi connectivity index (χ4n) is 3.65. The average Bonchev–Trinajstić information content (AvgIpc) is 2.97. The van der Waals surface area contributed by atoms with Crippen LogP contribution in [0.3, 0.4) is 0 Å². The van der Waals surface area contributed by atoms with Gasteiger partial charge in [0, 0.05) is 23.7 Å². The molecule has 3 aromatic rings. The Morgan fingerprint density at radius 1 is 0.775 bits per heavy atom. The smallest absolute Gasteiger partial charge is 0.343 e. The van der Waals surface area contributed by atoms with Crippen LogP contribution in [0.1, 0.15) is 37.5 Å². The van der Waals surface area contributed by atoms with E-state index in [9.17, 15) is 19.2 Å². The number of amides is 2. The normalized spacial score (nSPS) is 12.5. The van der Waals surface area contributed by atoms with Crippen LogP contribution in [0.2, 0.25) is 0 Å². The maximum absolute atomic E-state index is 13.3. The van der Waals surface area contributed by atoms with Gasteiger partial charge in [-0.1, -0.05) is 12.2 Å². The van der Waals surface area contributed by atoms with Crippen LogP contribution >= 0.6 is 12.2 Å². The Morgan fingerprint density at radius 3 is 1.77 bits per heavy atom. The summed E-state index contributed by atoms with van der Waals surface area (Å²) in [5, 5.41) is 2.24. The monoisotopic (exact) mass is 560 g/mol. The van der Waals surface area contributed by atoms with Crippen molar-refractivity contribution in [2.75, 3.05) is 21.3 Å². The number of esters is 2. The zero-order valence-electron chi connectivity index (χ0n) is 21.8. The summed E-state index contributed by atoms with van der Waals surface area (Å²) in [4.78, 5) is 51.9. The van der Waals surface area contributed by atoms with E-state index in [1.54, 1.807) is 30.3 Å². The van der Waals surface area contributed by atoms with Crippen LogP contribution in [-0.4, -0.2) is 59.9 Å². The second-order valence-corrected chi connectivity index (χ2v) is 8.95. The highest BCUT2D eigenvalue weighted by Crippen LogP contribution is 2.31. The molecule has 4 rings (SSSR count). The summed E-state index contributed by atoms with van der Waals surface area (Å²) in [5.41, 5.74) is 0.488. The summed E-state index contributed by atoms with van der Waals surface area (Å²) in [7, 11) is 4.42. The lowest BCUT2D eigenvalue weighted by Gasteiger charge is -2.31. The molecule has 10 nitrogen and oxygen atoms in total. The van der Waals surface area contributed by atoms with Gasteiger partial charge in [0.1, 0.15) is 11.5 Å². The van der Waals surface area contributed by atoms with Crippen LogP contribution in [0.4, 0.5) is 0 Å². The van der Waals surface area contributed by atoms with Crippen molar-refractivity contribution < 1.29 is 38.1 Å². The van der Waals surface area contributed by atoms with Crippen molar-refractivity contribution in [1.29, 1.82) is 0 Å². The van der Waals surface area contributed by atoms with Crippen molar-refractivity contribution >= 4 is 40.8 Å². The predicted molar refractivity (Wildman–Crippen MR) is 148 cm³/mol. The summed E-state index contributed by atoms with van der Waals surface area (Å²) in [5.74, 6) is -1.61. The summed E-state index contributed by atoms with van der Waals surface area (Å²) >= 11 is 5.05. The number of thiocarbonyl (C=S) groups is 1. The van der Waals surface area contributed by atoms with E-state index in [0.717, 1.165) is 10.0 Å². The number of carbonyl (C=O) groups excluding carboxylic acids is 4. The van der Waals surface area contributed by atoms with E-state index in [0.29, 0.717) is 16.4 Å². The summed E-state index contributed by atoms with van der Waals surface area (Å²) in [6.45, 7) is 0. The van der Waals surface area contributed by atoms with Gasteiger partial charge in [0.05, 0.1) is 31.8 Å². The van der Waals surface area contributed by atoms with E-state index in [-0.39, 0.29) is 40.5 Å². The minimum Gasteiger partial charge on any atom is -0.497 e. The standard InChI is InChI=1S/C29H24N2O8S/c1-30(31-15-14-23(40)17-26(31)32)27(33)20-8-13-24(38-28(34)18-4-9-21(36-2)10-5-18)25(16-20)39-29(35)19-6-11-22(37-3)12-7-19/h4-16H,17H2,1-3H3. The third-order valence-corrected chi connectivity index (χ3v) is 6.13. The number of rotatable bonds is 8. The molecule has 1 heterocycles. The molecule has 0 saturated carbocycles. The number of carbonyl (C=O) groups is 4. The minimum absolute atomic E-state index is 0.00553. The number of hydrogen-bond donors (Lipinski definition) is 0. The first-order chi connectivity index (χ1) is 19.2. The van der Waals surface area contributed by atoms with Gasteiger partial charge in [-0.15, -0.1) is 0 Å². The largest absolute Gasteiger partial charge is 0.497 e. The van der Waals surface area contributed by atoms with Crippen LogP contribution in [0, 0.1) is 0 Å². The molecule has 0 aliphatic carbocycles. The molecule has 1 aliphatic rings. The number of hydrogen-bond acceptors (Lipinski definition) is 9. The van der Waals surface area contributed by atoms with E-state index < -0.39 is 17.8 Å². The van der Waals surface area contributed by atoms with Crippen LogP contribution in [0.15, 0.2) is 79.0 Å². The molecule has 0 N–H and O–H groups in total. The number of benzene rings is 3. The zero-order valence-corrected chi connectivity index (χ0v) is 22.6. The van der Waals surface area contributed by atoms with Crippen LogP contribution in [-0.2, 0) is 4.79 Å². The molecular weight excluding hydrogens is 536 g/mol. The lowest BCUT2D eigenvalue weighted by atomic mass is 10.1. The highest BCUT2D eigenvalue weighted by Gasteiger charge is 2.27. The molecule has 0 atom stereocenters. The number of nitrogens with zero attached hydrogens (tertiary/aromatic N) is 2. The SMILES string of the molecule is COc1ccc(C(=O)Oc2ccc(C(=O)N(C)N3C=CC(=S)CC3=O)cc2OC(=O)c2ccc(OC)cc2)cc1. The first kappa shape index (κ1) is 28.0. The molecule has 0 spiro atoms.